The van der Waals surface area contributed by atoms with Crippen LogP contribution in [0.2, 0.25) is 0 Å². The predicted octanol–water partition coefficient (Wildman–Crippen LogP) is 1.48. The van der Waals surface area contributed by atoms with Gasteiger partial charge in [-0.2, -0.15) is 17.0 Å². The van der Waals surface area contributed by atoms with E-state index in [-0.39, 0.29) is 0 Å². The largest absolute Gasteiger partial charge is 0.396 e. The average molecular weight is 234 g/mol. The Morgan fingerprint density at radius 2 is 2.31 bits per heavy atom. The van der Waals surface area contributed by atoms with Gasteiger partial charge >= 0.3 is 0 Å². The third-order valence-electron chi connectivity index (χ3n) is 2.55. The molecule has 0 aliphatic carbocycles. The van der Waals surface area contributed by atoms with Crippen molar-refractivity contribution in [1.82, 2.24) is 4.98 Å². The summed E-state index contributed by atoms with van der Waals surface area (Å²) in [4.78, 5) is 6.49. The summed E-state index contributed by atoms with van der Waals surface area (Å²) in [6.45, 7) is 1.98. The lowest BCUT2D eigenvalue weighted by atomic mass is 10.2. The molecule has 0 spiro atoms. The van der Waals surface area contributed by atoms with Crippen molar-refractivity contribution in [2.24, 2.45) is 0 Å². The molecule has 1 aliphatic heterocycles. The van der Waals surface area contributed by atoms with Crippen molar-refractivity contribution in [1.29, 1.82) is 5.26 Å². The number of nitrogens with zero attached hydrogens (tertiary/aromatic N) is 3. The third kappa shape index (κ3) is 2.39. The lowest BCUT2D eigenvalue weighted by Gasteiger charge is -2.22. The standard InChI is InChI=1S/C11H14N4S/c12-7-9-6-10(13)11(14-8-9)15-2-1-4-16-5-3-15/h6,8H,1-5,13H2. The SMILES string of the molecule is N#Cc1cnc(N2CCCSCC2)c(N)c1. The summed E-state index contributed by atoms with van der Waals surface area (Å²) in [7, 11) is 0. The minimum atomic E-state index is 0.519. The fourth-order valence-corrected chi connectivity index (χ4v) is 2.64. The molecule has 1 saturated heterocycles. The molecular weight excluding hydrogens is 220 g/mol. The van der Waals surface area contributed by atoms with Crippen LogP contribution in [-0.2, 0) is 0 Å². The molecule has 0 amide bonds. The van der Waals surface area contributed by atoms with Crippen molar-refractivity contribution < 1.29 is 0 Å². The number of aromatic nitrogens is 1. The van der Waals surface area contributed by atoms with Crippen LogP contribution in [0.1, 0.15) is 12.0 Å². The van der Waals surface area contributed by atoms with Gasteiger partial charge in [0.25, 0.3) is 0 Å². The first kappa shape index (κ1) is 11.1. The highest BCUT2D eigenvalue weighted by Gasteiger charge is 2.14. The van der Waals surface area contributed by atoms with Crippen molar-refractivity contribution >= 4 is 23.3 Å². The number of nitriles is 1. The number of rotatable bonds is 1. The molecule has 1 fully saturated rings. The zero-order valence-electron chi connectivity index (χ0n) is 9.02. The quantitative estimate of drug-likeness (QED) is 0.797. The maximum Gasteiger partial charge on any atom is 0.151 e. The van der Waals surface area contributed by atoms with Gasteiger partial charge in [0.2, 0.25) is 0 Å². The van der Waals surface area contributed by atoms with Gasteiger partial charge in [0.05, 0.1) is 11.3 Å². The molecule has 2 rings (SSSR count). The number of hydrogen-bond acceptors (Lipinski definition) is 5. The van der Waals surface area contributed by atoms with Gasteiger partial charge in [-0.15, -0.1) is 0 Å². The zero-order valence-corrected chi connectivity index (χ0v) is 9.83. The van der Waals surface area contributed by atoms with Crippen molar-refractivity contribution in [3.63, 3.8) is 0 Å². The first-order chi connectivity index (χ1) is 7.81. The summed E-state index contributed by atoms with van der Waals surface area (Å²) in [5, 5.41) is 8.75. The maximum atomic E-state index is 8.75. The Bertz CT molecular complexity index is 405. The van der Waals surface area contributed by atoms with Crippen molar-refractivity contribution in [3.8, 4) is 6.07 Å². The number of thioether (sulfide) groups is 1. The summed E-state index contributed by atoms with van der Waals surface area (Å²) >= 11 is 1.97. The normalized spacial score (nSPS) is 16.6. The van der Waals surface area contributed by atoms with Crippen LogP contribution >= 0.6 is 11.8 Å². The molecular formula is C11H14N4S. The molecule has 1 aromatic heterocycles. The lowest BCUT2D eigenvalue weighted by Crippen LogP contribution is -2.27. The summed E-state index contributed by atoms with van der Waals surface area (Å²) in [5.41, 5.74) is 7.04. The number of anilines is 2. The second-order valence-corrected chi connectivity index (χ2v) is 4.93. The molecule has 0 radical (unpaired) electrons. The van der Waals surface area contributed by atoms with Crippen molar-refractivity contribution in [2.45, 2.75) is 6.42 Å². The molecule has 0 aromatic carbocycles. The zero-order chi connectivity index (χ0) is 11.4. The Balaban J connectivity index is 2.22. The van der Waals surface area contributed by atoms with Gasteiger partial charge in [0.1, 0.15) is 6.07 Å². The third-order valence-corrected chi connectivity index (χ3v) is 3.59. The maximum absolute atomic E-state index is 8.75. The van der Waals surface area contributed by atoms with E-state index >= 15 is 0 Å². The summed E-state index contributed by atoms with van der Waals surface area (Å²) in [6, 6.07) is 3.74. The van der Waals surface area contributed by atoms with E-state index < -0.39 is 0 Å². The van der Waals surface area contributed by atoms with Crippen LogP contribution in [0, 0.1) is 11.3 Å². The molecule has 1 aliphatic rings. The Hall–Kier alpha value is -1.41. The smallest absolute Gasteiger partial charge is 0.151 e. The second kappa shape index (κ2) is 5.08. The van der Waals surface area contributed by atoms with Gasteiger partial charge in [0.15, 0.2) is 5.82 Å². The summed E-state index contributed by atoms with van der Waals surface area (Å²) < 4.78 is 0. The molecule has 2 N–H and O–H groups in total. The highest BCUT2D eigenvalue weighted by atomic mass is 32.2. The molecule has 84 valence electrons. The van der Waals surface area contributed by atoms with Gasteiger partial charge in [-0.05, 0) is 18.2 Å². The Morgan fingerprint density at radius 3 is 3.06 bits per heavy atom. The molecule has 4 nitrogen and oxygen atoms in total. The van der Waals surface area contributed by atoms with E-state index in [2.05, 4.69) is 9.88 Å². The Morgan fingerprint density at radius 1 is 1.44 bits per heavy atom. The minimum absolute atomic E-state index is 0.519. The van der Waals surface area contributed by atoms with Gasteiger partial charge in [-0.3, -0.25) is 0 Å². The van der Waals surface area contributed by atoms with Crippen LogP contribution in [-0.4, -0.2) is 29.6 Å². The minimum Gasteiger partial charge on any atom is -0.396 e. The van der Waals surface area contributed by atoms with E-state index in [1.54, 1.807) is 12.3 Å². The van der Waals surface area contributed by atoms with E-state index in [4.69, 9.17) is 11.0 Å². The highest BCUT2D eigenvalue weighted by molar-refractivity contribution is 7.99. The molecule has 16 heavy (non-hydrogen) atoms. The van der Waals surface area contributed by atoms with E-state index in [1.807, 2.05) is 17.8 Å². The summed E-state index contributed by atoms with van der Waals surface area (Å²) in [5.74, 6) is 3.13. The molecule has 5 heteroatoms. The average Bonchev–Trinajstić information content (AvgIpc) is 2.57. The van der Waals surface area contributed by atoms with Crippen LogP contribution in [0.4, 0.5) is 11.5 Å². The van der Waals surface area contributed by atoms with Crippen LogP contribution in [0.15, 0.2) is 12.3 Å². The van der Waals surface area contributed by atoms with Gasteiger partial charge in [0, 0.05) is 25.0 Å². The fourth-order valence-electron chi connectivity index (χ4n) is 1.76. The molecule has 2 heterocycles. The van der Waals surface area contributed by atoms with Gasteiger partial charge in [-0.25, -0.2) is 4.98 Å². The monoisotopic (exact) mass is 234 g/mol. The van der Waals surface area contributed by atoms with E-state index in [0.29, 0.717) is 11.3 Å². The van der Waals surface area contributed by atoms with Gasteiger partial charge in [-0.1, -0.05) is 0 Å². The second-order valence-electron chi connectivity index (χ2n) is 3.70. The van der Waals surface area contributed by atoms with Gasteiger partial charge < -0.3 is 10.6 Å². The number of pyridine rings is 1. The topological polar surface area (TPSA) is 65.9 Å². The number of nitrogens with two attached hydrogens (primary N) is 1. The Labute approximate surface area is 99.5 Å². The first-order valence-corrected chi connectivity index (χ1v) is 6.45. The van der Waals surface area contributed by atoms with Crippen LogP contribution in [0.25, 0.3) is 0 Å². The van der Waals surface area contributed by atoms with E-state index in [1.165, 1.54) is 5.75 Å². The molecule has 0 bridgehead atoms. The highest BCUT2D eigenvalue weighted by Crippen LogP contribution is 2.23. The Kier molecular flexibility index (Phi) is 3.52. The molecule has 0 unspecified atom stereocenters. The summed E-state index contributed by atoms with van der Waals surface area (Å²) in [6.07, 6.45) is 2.75. The van der Waals surface area contributed by atoms with Crippen molar-refractivity contribution in [3.05, 3.63) is 17.8 Å². The lowest BCUT2D eigenvalue weighted by molar-refractivity contribution is 0.803. The first-order valence-electron chi connectivity index (χ1n) is 5.29. The van der Waals surface area contributed by atoms with Crippen molar-refractivity contribution in [2.75, 3.05) is 35.2 Å². The number of nitrogen functional groups attached to an aromatic ring is 1. The van der Waals surface area contributed by atoms with E-state index in [0.717, 1.165) is 31.1 Å². The van der Waals surface area contributed by atoms with Crippen LogP contribution < -0.4 is 10.6 Å². The molecule has 0 saturated carbocycles. The van der Waals surface area contributed by atoms with E-state index in [9.17, 15) is 0 Å². The van der Waals surface area contributed by atoms with Crippen LogP contribution in [0.3, 0.4) is 0 Å². The van der Waals surface area contributed by atoms with Crippen LogP contribution in [0.5, 0.6) is 0 Å². The predicted molar refractivity (Wildman–Crippen MR) is 67.5 cm³/mol. The number of hydrogen-bond donors (Lipinski definition) is 1. The molecule has 1 aromatic rings. The molecule has 0 atom stereocenters. The fraction of sp³-hybridized carbons (Fsp3) is 0.455.